The van der Waals surface area contributed by atoms with E-state index in [9.17, 15) is 4.79 Å². The molecule has 116 valence electrons. The zero-order valence-corrected chi connectivity index (χ0v) is 14.1. The summed E-state index contributed by atoms with van der Waals surface area (Å²) >= 11 is 0. The quantitative estimate of drug-likeness (QED) is 0.898. The predicted octanol–water partition coefficient (Wildman–Crippen LogP) is 2.72. The van der Waals surface area contributed by atoms with Crippen LogP contribution >= 0.6 is 0 Å². The molecule has 1 aromatic rings. The molecule has 0 aromatic heterocycles. The van der Waals surface area contributed by atoms with E-state index in [1.165, 1.54) is 11.1 Å². The summed E-state index contributed by atoms with van der Waals surface area (Å²) in [5.41, 5.74) is 9.68. The van der Waals surface area contributed by atoms with Crippen molar-refractivity contribution < 1.29 is 4.79 Å². The van der Waals surface area contributed by atoms with Gasteiger partial charge in [0.1, 0.15) is 0 Å². The Labute approximate surface area is 128 Å². The first-order chi connectivity index (χ1) is 9.56. The lowest BCUT2D eigenvalue weighted by Gasteiger charge is -2.62. The van der Waals surface area contributed by atoms with Crippen molar-refractivity contribution in [3.05, 3.63) is 34.9 Å². The average molecular weight is 288 g/mol. The summed E-state index contributed by atoms with van der Waals surface area (Å²) in [6, 6.07) is 6.43. The molecule has 2 rings (SSSR count). The van der Waals surface area contributed by atoms with Gasteiger partial charge in [0.15, 0.2) is 0 Å². The van der Waals surface area contributed by atoms with Gasteiger partial charge >= 0.3 is 0 Å². The highest BCUT2D eigenvalue weighted by Crippen LogP contribution is 2.52. The first kappa shape index (κ1) is 16.0. The van der Waals surface area contributed by atoms with Gasteiger partial charge in [-0.15, -0.1) is 0 Å². The minimum atomic E-state index is -0.0532. The Morgan fingerprint density at radius 1 is 1.14 bits per heavy atom. The van der Waals surface area contributed by atoms with Gasteiger partial charge in [-0.25, -0.2) is 0 Å². The highest BCUT2D eigenvalue weighted by molar-refractivity contribution is 5.79. The van der Waals surface area contributed by atoms with Gasteiger partial charge in [-0.1, -0.05) is 45.9 Å². The van der Waals surface area contributed by atoms with E-state index in [4.69, 9.17) is 5.73 Å². The number of amides is 1. The third-order valence-corrected chi connectivity index (χ3v) is 5.33. The molecule has 0 bridgehead atoms. The van der Waals surface area contributed by atoms with Crippen molar-refractivity contribution in [1.29, 1.82) is 0 Å². The molecule has 0 aliphatic heterocycles. The second-order valence-electron chi connectivity index (χ2n) is 7.72. The Bertz CT molecular complexity index is 544. The van der Waals surface area contributed by atoms with Crippen molar-refractivity contribution in [3.8, 4) is 0 Å². The summed E-state index contributed by atoms with van der Waals surface area (Å²) in [5, 5.41) is 3.19. The van der Waals surface area contributed by atoms with E-state index in [0.29, 0.717) is 6.42 Å². The summed E-state index contributed by atoms with van der Waals surface area (Å²) in [7, 11) is 0. The molecule has 1 aliphatic rings. The third-order valence-electron chi connectivity index (χ3n) is 5.33. The van der Waals surface area contributed by atoms with Crippen LogP contribution in [0.2, 0.25) is 0 Å². The molecule has 1 saturated carbocycles. The number of rotatable bonds is 3. The Morgan fingerprint density at radius 2 is 1.71 bits per heavy atom. The van der Waals surface area contributed by atoms with Crippen LogP contribution < -0.4 is 11.1 Å². The van der Waals surface area contributed by atoms with Crippen LogP contribution in [0.15, 0.2) is 18.2 Å². The maximum atomic E-state index is 12.3. The second-order valence-corrected chi connectivity index (χ2v) is 7.72. The van der Waals surface area contributed by atoms with Crippen LogP contribution in [0.25, 0.3) is 0 Å². The Hall–Kier alpha value is -1.35. The molecule has 0 radical (unpaired) electrons. The van der Waals surface area contributed by atoms with E-state index in [2.05, 4.69) is 59.0 Å². The lowest BCUT2D eigenvalue weighted by atomic mass is 9.48. The Morgan fingerprint density at radius 3 is 2.24 bits per heavy atom. The molecule has 1 aromatic carbocycles. The summed E-state index contributed by atoms with van der Waals surface area (Å²) in [6.07, 6.45) is 0.430. The molecule has 3 N–H and O–H groups in total. The normalized spacial score (nSPS) is 26.0. The van der Waals surface area contributed by atoms with Crippen LogP contribution in [-0.2, 0) is 11.2 Å². The zero-order valence-electron chi connectivity index (χ0n) is 14.1. The number of nitrogens with two attached hydrogens (primary N) is 1. The van der Waals surface area contributed by atoms with Crippen molar-refractivity contribution in [2.45, 2.75) is 60.0 Å². The minimum Gasteiger partial charge on any atom is -0.352 e. The topological polar surface area (TPSA) is 55.1 Å². The first-order valence-electron chi connectivity index (χ1n) is 7.68. The number of benzene rings is 1. The fraction of sp³-hybridized carbons (Fsp3) is 0.611. The van der Waals surface area contributed by atoms with E-state index < -0.39 is 0 Å². The zero-order chi connectivity index (χ0) is 16.0. The fourth-order valence-corrected chi connectivity index (χ4v) is 3.86. The van der Waals surface area contributed by atoms with Gasteiger partial charge in [0.2, 0.25) is 5.91 Å². The van der Waals surface area contributed by atoms with Crippen LogP contribution in [0.1, 0.15) is 44.4 Å². The lowest BCUT2D eigenvalue weighted by molar-refractivity contribution is -0.131. The molecule has 0 atom stereocenters. The average Bonchev–Trinajstić information content (AvgIpc) is 2.39. The molecule has 3 heteroatoms. The van der Waals surface area contributed by atoms with Gasteiger partial charge in [-0.05, 0) is 30.5 Å². The predicted molar refractivity (Wildman–Crippen MR) is 87.1 cm³/mol. The monoisotopic (exact) mass is 288 g/mol. The molecule has 0 heterocycles. The van der Waals surface area contributed by atoms with Crippen LogP contribution in [0, 0.1) is 24.7 Å². The van der Waals surface area contributed by atoms with Crippen molar-refractivity contribution >= 4 is 5.91 Å². The molecule has 0 unspecified atom stereocenters. The van der Waals surface area contributed by atoms with Crippen LogP contribution in [0.4, 0.5) is 0 Å². The standard InChI is InChI=1S/C18H28N2O/c1-11-7-8-13(9-12(11)2)10-14(21)20-16-17(3,4)15(19)18(16,5)6/h7-9,15-16H,10,19H2,1-6H3,(H,20,21). The van der Waals surface area contributed by atoms with Crippen molar-refractivity contribution in [3.63, 3.8) is 0 Å². The number of carbonyl (C=O) groups excluding carboxylic acids is 1. The van der Waals surface area contributed by atoms with Gasteiger partial charge in [-0.2, -0.15) is 0 Å². The summed E-state index contributed by atoms with van der Waals surface area (Å²) in [4.78, 5) is 12.3. The van der Waals surface area contributed by atoms with Crippen molar-refractivity contribution in [1.82, 2.24) is 5.32 Å². The van der Waals surface area contributed by atoms with E-state index in [1.807, 2.05) is 6.07 Å². The van der Waals surface area contributed by atoms with Crippen molar-refractivity contribution in [2.75, 3.05) is 0 Å². The minimum absolute atomic E-state index is 0.0532. The number of hydrogen-bond acceptors (Lipinski definition) is 2. The SMILES string of the molecule is Cc1ccc(CC(=O)NC2C(C)(C)C(N)C2(C)C)cc1C. The highest BCUT2D eigenvalue weighted by Gasteiger charge is 2.60. The van der Waals surface area contributed by atoms with E-state index in [-0.39, 0.29) is 28.8 Å². The van der Waals surface area contributed by atoms with Crippen LogP contribution in [0.5, 0.6) is 0 Å². The van der Waals surface area contributed by atoms with E-state index in [1.54, 1.807) is 0 Å². The van der Waals surface area contributed by atoms with Crippen LogP contribution in [0.3, 0.4) is 0 Å². The molecular formula is C18H28N2O. The lowest BCUT2D eigenvalue weighted by Crippen LogP contribution is -2.76. The van der Waals surface area contributed by atoms with Gasteiger partial charge in [-0.3, -0.25) is 4.79 Å². The summed E-state index contributed by atoms with van der Waals surface area (Å²) < 4.78 is 0. The molecule has 1 amide bonds. The molecule has 1 fully saturated rings. The Kier molecular flexibility index (Phi) is 3.92. The maximum absolute atomic E-state index is 12.3. The molecular weight excluding hydrogens is 260 g/mol. The van der Waals surface area contributed by atoms with Gasteiger partial charge in [0.05, 0.1) is 6.42 Å². The van der Waals surface area contributed by atoms with E-state index in [0.717, 1.165) is 5.56 Å². The summed E-state index contributed by atoms with van der Waals surface area (Å²) in [5.74, 6) is 0.0799. The van der Waals surface area contributed by atoms with Crippen molar-refractivity contribution in [2.24, 2.45) is 16.6 Å². The van der Waals surface area contributed by atoms with Gasteiger partial charge < -0.3 is 11.1 Å². The number of aryl methyl sites for hydroxylation is 2. The number of nitrogens with one attached hydrogen (secondary N) is 1. The smallest absolute Gasteiger partial charge is 0.224 e. The molecule has 1 aliphatic carbocycles. The van der Waals surface area contributed by atoms with Crippen LogP contribution in [-0.4, -0.2) is 18.0 Å². The highest BCUT2D eigenvalue weighted by atomic mass is 16.1. The molecule has 0 spiro atoms. The number of hydrogen-bond donors (Lipinski definition) is 2. The fourth-order valence-electron chi connectivity index (χ4n) is 3.86. The molecule has 0 saturated heterocycles. The van der Waals surface area contributed by atoms with Gasteiger partial charge in [0.25, 0.3) is 0 Å². The summed E-state index contributed by atoms with van der Waals surface area (Å²) in [6.45, 7) is 12.7. The third kappa shape index (κ3) is 2.71. The molecule has 3 nitrogen and oxygen atoms in total. The first-order valence-corrected chi connectivity index (χ1v) is 7.68. The van der Waals surface area contributed by atoms with Gasteiger partial charge in [0, 0.05) is 22.9 Å². The molecule has 21 heavy (non-hydrogen) atoms. The number of carbonyl (C=O) groups is 1. The Balaban J connectivity index is 2.04. The largest absolute Gasteiger partial charge is 0.352 e. The van der Waals surface area contributed by atoms with E-state index >= 15 is 0 Å². The maximum Gasteiger partial charge on any atom is 0.224 e. The second kappa shape index (κ2) is 5.13.